The van der Waals surface area contributed by atoms with Gasteiger partial charge in [-0.05, 0) is 24.5 Å². The number of hydrogen-bond acceptors (Lipinski definition) is 3. The van der Waals surface area contributed by atoms with Crippen molar-refractivity contribution in [3.63, 3.8) is 0 Å². The van der Waals surface area contributed by atoms with Gasteiger partial charge in [0.15, 0.2) is 0 Å². The molecular weight excluding hydrogens is 318 g/mol. The molecule has 1 N–H and O–H groups in total. The van der Waals surface area contributed by atoms with Crippen LogP contribution in [0.15, 0.2) is 36.1 Å². The van der Waals surface area contributed by atoms with E-state index < -0.39 is 12.0 Å². The lowest BCUT2D eigenvalue weighted by molar-refractivity contribution is -0.148. The second-order valence-corrected chi connectivity index (χ2v) is 6.12. The molecule has 0 aromatic heterocycles. The van der Waals surface area contributed by atoms with Crippen molar-refractivity contribution in [3.05, 3.63) is 41.1 Å². The van der Waals surface area contributed by atoms with E-state index in [1.54, 1.807) is 24.3 Å². The second-order valence-electron chi connectivity index (χ2n) is 5.71. The average Bonchev–Trinajstić information content (AvgIpc) is 2.87. The molecule has 0 saturated carbocycles. The van der Waals surface area contributed by atoms with Crippen LogP contribution in [-0.2, 0) is 9.59 Å². The van der Waals surface area contributed by atoms with E-state index in [4.69, 9.17) is 16.3 Å². The zero-order valence-electron chi connectivity index (χ0n) is 13.2. The highest BCUT2D eigenvalue weighted by Crippen LogP contribution is 2.28. The number of carbonyl (C=O) groups excluding carboxylic acids is 1. The Kier molecular flexibility index (Phi) is 5.66. The van der Waals surface area contributed by atoms with Crippen molar-refractivity contribution < 1.29 is 19.4 Å². The summed E-state index contributed by atoms with van der Waals surface area (Å²) in [5.41, 5.74) is 0. The highest BCUT2D eigenvalue weighted by molar-refractivity contribution is 6.32. The molecule has 0 spiro atoms. The summed E-state index contributed by atoms with van der Waals surface area (Å²) in [6.07, 6.45) is 2.61. The predicted octanol–water partition coefficient (Wildman–Crippen LogP) is 3.33. The first kappa shape index (κ1) is 17.3. The van der Waals surface area contributed by atoms with Crippen LogP contribution in [0.25, 0.3) is 0 Å². The Morgan fingerprint density at radius 2 is 2.13 bits per heavy atom. The molecule has 1 aromatic carbocycles. The number of rotatable bonds is 7. The van der Waals surface area contributed by atoms with Crippen molar-refractivity contribution in [3.8, 4) is 5.75 Å². The van der Waals surface area contributed by atoms with Gasteiger partial charge in [0.25, 0.3) is 5.91 Å². The van der Waals surface area contributed by atoms with Gasteiger partial charge in [-0.15, -0.1) is 0 Å². The Hall–Kier alpha value is -2.01. The molecule has 6 heteroatoms. The van der Waals surface area contributed by atoms with Crippen LogP contribution in [0.5, 0.6) is 5.75 Å². The lowest BCUT2D eigenvalue weighted by Crippen LogP contribution is -2.43. The SMILES string of the molecule is CCC(C)CC(C(=O)O)N1CC(Oc2ccccc2Cl)=CC1=O. The molecule has 124 valence electrons. The smallest absolute Gasteiger partial charge is 0.326 e. The third-order valence-electron chi connectivity index (χ3n) is 3.96. The van der Waals surface area contributed by atoms with Crippen LogP contribution in [0.1, 0.15) is 26.7 Å². The summed E-state index contributed by atoms with van der Waals surface area (Å²) in [6, 6.07) is 6.10. The van der Waals surface area contributed by atoms with Crippen molar-refractivity contribution in [2.24, 2.45) is 5.92 Å². The Balaban J connectivity index is 2.09. The van der Waals surface area contributed by atoms with Crippen molar-refractivity contribution in [2.45, 2.75) is 32.7 Å². The van der Waals surface area contributed by atoms with Crippen molar-refractivity contribution in [1.82, 2.24) is 4.90 Å². The van der Waals surface area contributed by atoms with E-state index in [0.717, 1.165) is 6.42 Å². The molecule has 0 radical (unpaired) electrons. The van der Waals surface area contributed by atoms with Crippen LogP contribution in [0.4, 0.5) is 0 Å². The first-order valence-electron chi connectivity index (χ1n) is 7.58. The molecule has 2 unspecified atom stereocenters. The summed E-state index contributed by atoms with van der Waals surface area (Å²) < 4.78 is 5.64. The number of aliphatic carboxylic acids is 1. The van der Waals surface area contributed by atoms with Crippen molar-refractivity contribution >= 4 is 23.5 Å². The number of hydrogen-bond donors (Lipinski definition) is 1. The Labute approximate surface area is 140 Å². The van der Waals surface area contributed by atoms with E-state index in [-0.39, 0.29) is 18.4 Å². The average molecular weight is 338 g/mol. The van der Waals surface area contributed by atoms with Gasteiger partial charge >= 0.3 is 5.97 Å². The maximum Gasteiger partial charge on any atom is 0.326 e. The molecule has 0 bridgehead atoms. The predicted molar refractivity (Wildman–Crippen MR) is 87.4 cm³/mol. The molecule has 1 heterocycles. The number of amides is 1. The summed E-state index contributed by atoms with van der Waals surface area (Å²) >= 11 is 6.03. The van der Waals surface area contributed by atoms with Crippen molar-refractivity contribution in [1.29, 1.82) is 0 Å². The third-order valence-corrected chi connectivity index (χ3v) is 4.27. The summed E-state index contributed by atoms with van der Waals surface area (Å²) in [5, 5.41) is 9.88. The molecule has 0 saturated heterocycles. The molecule has 23 heavy (non-hydrogen) atoms. The standard InChI is InChI=1S/C17H20ClNO4/c1-3-11(2)8-14(17(21)22)19-10-12(9-16(19)20)23-15-7-5-4-6-13(15)18/h4-7,9,11,14H,3,8,10H2,1-2H3,(H,21,22). The number of halogens is 1. The normalized spacial score (nSPS) is 16.9. The lowest BCUT2D eigenvalue weighted by atomic mass is 9.98. The molecule has 0 aliphatic carbocycles. The van der Waals surface area contributed by atoms with Crippen LogP contribution in [0.2, 0.25) is 5.02 Å². The minimum atomic E-state index is -0.994. The minimum Gasteiger partial charge on any atom is -0.480 e. The van der Waals surface area contributed by atoms with Crippen LogP contribution >= 0.6 is 11.6 Å². The van der Waals surface area contributed by atoms with E-state index in [1.807, 2.05) is 13.8 Å². The lowest BCUT2D eigenvalue weighted by Gasteiger charge is -2.26. The fourth-order valence-corrected chi connectivity index (χ4v) is 2.59. The molecule has 1 aromatic rings. The minimum absolute atomic E-state index is 0.136. The number of benzene rings is 1. The van der Waals surface area contributed by atoms with E-state index in [0.29, 0.717) is 23.0 Å². The molecular formula is C17H20ClNO4. The molecule has 1 aliphatic heterocycles. The Morgan fingerprint density at radius 3 is 2.74 bits per heavy atom. The van der Waals surface area contributed by atoms with Gasteiger partial charge < -0.3 is 14.7 Å². The molecule has 5 nitrogen and oxygen atoms in total. The topological polar surface area (TPSA) is 66.8 Å². The fourth-order valence-electron chi connectivity index (χ4n) is 2.42. The van der Waals surface area contributed by atoms with Crippen LogP contribution < -0.4 is 4.74 Å². The maximum absolute atomic E-state index is 12.1. The van der Waals surface area contributed by atoms with Gasteiger partial charge in [-0.3, -0.25) is 4.79 Å². The van der Waals surface area contributed by atoms with Gasteiger partial charge in [-0.25, -0.2) is 4.79 Å². The number of ether oxygens (including phenoxy) is 1. The summed E-state index contributed by atoms with van der Waals surface area (Å²) in [5.74, 6) is -0.270. The first-order valence-corrected chi connectivity index (χ1v) is 7.96. The number of nitrogens with zero attached hydrogens (tertiary/aromatic N) is 1. The largest absolute Gasteiger partial charge is 0.480 e. The quantitative estimate of drug-likeness (QED) is 0.828. The molecule has 2 rings (SSSR count). The summed E-state index contributed by atoms with van der Waals surface area (Å²) in [7, 11) is 0. The van der Waals surface area contributed by atoms with Crippen molar-refractivity contribution in [2.75, 3.05) is 6.54 Å². The highest BCUT2D eigenvalue weighted by Gasteiger charge is 2.34. The number of carboxylic acids is 1. The van der Waals surface area contributed by atoms with Gasteiger partial charge in [0.05, 0.1) is 11.6 Å². The van der Waals surface area contributed by atoms with E-state index in [9.17, 15) is 14.7 Å². The zero-order valence-corrected chi connectivity index (χ0v) is 13.9. The van der Waals surface area contributed by atoms with Gasteiger partial charge in [-0.1, -0.05) is 44.0 Å². The van der Waals surface area contributed by atoms with Gasteiger partial charge in [-0.2, -0.15) is 0 Å². The highest BCUT2D eigenvalue weighted by atomic mass is 35.5. The number of carboxylic acid groups (broad SMARTS) is 1. The van der Waals surface area contributed by atoms with E-state index in [2.05, 4.69) is 0 Å². The molecule has 1 amide bonds. The molecule has 1 aliphatic rings. The zero-order chi connectivity index (χ0) is 17.0. The van der Waals surface area contributed by atoms with E-state index >= 15 is 0 Å². The van der Waals surface area contributed by atoms with Gasteiger partial charge in [0.1, 0.15) is 17.6 Å². The van der Waals surface area contributed by atoms with Crippen LogP contribution in [0.3, 0.4) is 0 Å². The second kappa shape index (κ2) is 7.51. The van der Waals surface area contributed by atoms with Crippen LogP contribution in [0, 0.1) is 5.92 Å². The molecule has 2 atom stereocenters. The fraction of sp³-hybridized carbons (Fsp3) is 0.412. The molecule has 0 fully saturated rings. The first-order chi connectivity index (χ1) is 10.9. The van der Waals surface area contributed by atoms with Crippen LogP contribution in [-0.4, -0.2) is 34.5 Å². The third kappa shape index (κ3) is 4.26. The monoisotopic (exact) mass is 337 g/mol. The maximum atomic E-state index is 12.1. The van der Waals surface area contributed by atoms with E-state index in [1.165, 1.54) is 11.0 Å². The Bertz CT molecular complexity index is 629. The van der Waals surface area contributed by atoms with Gasteiger partial charge in [0, 0.05) is 6.08 Å². The number of para-hydroxylation sites is 1. The summed E-state index contributed by atoms with van der Waals surface area (Å²) in [4.78, 5) is 25.0. The van der Waals surface area contributed by atoms with Gasteiger partial charge in [0.2, 0.25) is 0 Å². The Morgan fingerprint density at radius 1 is 1.43 bits per heavy atom. The summed E-state index contributed by atoms with van der Waals surface area (Å²) in [6.45, 7) is 4.11. The number of carbonyl (C=O) groups is 2.